The van der Waals surface area contributed by atoms with Crippen molar-refractivity contribution < 1.29 is 51.6 Å². The van der Waals surface area contributed by atoms with Crippen molar-refractivity contribution in [3.05, 3.63) is 89.1 Å². The van der Waals surface area contributed by atoms with Gasteiger partial charge in [-0.15, -0.1) is 0 Å². The molecule has 0 aliphatic heterocycles. The van der Waals surface area contributed by atoms with Crippen LogP contribution in [0.2, 0.25) is 0 Å². The van der Waals surface area contributed by atoms with Gasteiger partial charge in [-0.3, -0.25) is 9.59 Å². The topological polar surface area (TPSA) is 110 Å². The molecule has 2 aliphatic rings. The summed E-state index contributed by atoms with van der Waals surface area (Å²) in [4.78, 5) is 36.7. The minimum Gasteiger partial charge on any atom is -0.483 e. The standard InChI is InChI=1S/C30H26F4O7/c1-3-16-41-26-24(33)22(31)19(23(32)25(26)34)9-13-29(11-6-5-7-12-29)20-17-30(28(38)39,14-8-18(20)27(36)37)15-10-21(35)40-4-2/h3,5-8,11,14H,1,4,10,12,15-17H2,2H3,(H,36,37)(H,38,39). The highest BCUT2D eigenvalue weighted by atomic mass is 19.2. The van der Waals surface area contributed by atoms with Gasteiger partial charge < -0.3 is 19.7 Å². The third kappa shape index (κ3) is 6.27. The van der Waals surface area contributed by atoms with Gasteiger partial charge in [0.05, 0.1) is 23.0 Å². The van der Waals surface area contributed by atoms with Gasteiger partial charge in [0.25, 0.3) is 0 Å². The van der Waals surface area contributed by atoms with Crippen molar-refractivity contribution >= 4 is 17.9 Å². The number of esters is 1. The smallest absolute Gasteiger partial charge is 0.335 e. The van der Waals surface area contributed by atoms with E-state index in [4.69, 9.17) is 9.47 Å². The molecule has 11 heteroatoms. The number of carbonyl (C=O) groups excluding carboxylic acids is 1. The quantitative estimate of drug-likeness (QED) is 0.126. The molecule has 216 valence electrons. The Morgan fingerprint density at radius 3 is 2.29 bits per heavy atom. The SMILES string of the molecule is C=CCOc1c(F)c(F)c(C#CC2(C3=C(C(=O)O)C=CC(CCC(=O)OCC)(C(=O)O)C3)C=CC=CC2)c(F)c1F. The molecule has 2 unspecified atom stereocenters. The van der Waals surface area contributed by atoms with Gasteiger partial charge >= 0.3 is 17.9 Å². The van der Waals surface area contributed by atoms with Crippen LogP contribution in [0.4, 0.5) is 17.6 Å². The Balaban J connectivity index is 2.18. The van der Waals surface area contributed by atoms with Gasteiger partial charge in [0.15, 0.2) is 17.4 Å². The second-order valence-corrected chi connectivity index (χ2v) is 9.25. The first kappa shape index (κ1) is 30.9. The lowest BCUT2D eigenvalue weighted by Gasteiger charge is -2.38. The number of allylic oxidation sites excluding steroid dienone is 5. The van der Waals surface area contributed by atoms with Crippen molar-refractivity contribution in [1.29, 1.82) is 0 Å². The second kappa shape index (κ2) is 12.7. The zero-order chi connectivity index (χ0) is 30.4. The fourth-order valence-electron chi connectivity index (χ4n) is 4.57. The highest BCUT2D eigenvalue weighted by Gasteiger charge is 2.46. The number of carboxylic acids is 2. The average Bonchev–Trinajstić information content (AvgIpc) is 2.95. The number of carbonyl (C=O) groups is 3. The first-order valence-corrected chi connectivity index (χ1v) is 12.5. The summed E-state index contributed by atoms with van der Waals surface area (Å²) in [5, 5.41) is 20.1. The van der Waals surface area contributed by atoms with E-state index < -0.39 is 76.3 Å². The molecule has 0 bridgehead atoms. The molecule has 2 N–H and O–H groups in total. The Morgan fingerprint density at radius 2 is 1.76 bits per heavy atom. The number of benzene rings is 1. The average molecular weight is 575 g/mol. The lowest BCUT2D eigenvalue weighted by atomic mass is 9.63. The number of hydrogen-bond donors (Lipinski definition) is 2. The molecular formula is C30H26F4O7. The van der Waals surface area contributed by atoms with Gasteiger partial charge in [-0.1, -0.05) is 61.0 Å². The van der Waals surface area contributed by atoms with Crippen molar-refractivity contribution in [3.8, 4) is 17.6 Å². The number of aliphatic carboxylic acids is 2. The number of ether oxygens (including phenoxy) is 2. The summed E-state index contributed by atoms with van der Waals surface area (Å²) in [7, 11) is 0. The number of hydrogen-bond acceptors (Lipinski definition) is 5. The third-order valence-corrected chi connectivity index (χ3v) is 6.71. The predicted molar refractivity (Wildman–Crippen MR) is 139 cm³/mol. The molecule has 1 aromatic carbocycles. The van der Waals surface area contributed by atoms with Crippen LogP contribution < -0.4 is 4.74 Å². The third-order valence-electron chi connectivity index (χ3n) is 6.71. The first-order chi connectivity index (χ1) is 19.4. The second-order valence-electron chi connectivity index (χ2n) is 9.25. The maximum atomic E-state index is 14.9. The van der Waals surface area contributed by atoms with E-state index in [9.17, 15) is 42.2 Å². The van der Waals surface area contributed by atoms with E-state index in [1.807, 2.05) is 0 Å². The van der Waals surface area contributed by atoms with Crippen molar-refractivity contribution in [2.24, 2.45) is 10.8 Å². The van der Waals surface area contributed by atoms with E-state index >= 15 is 0 Å². The Hall–Kier alpha value is -4.59. The molecule has 0 fully saturated rings. The summed E-state index contributed by atoms with van der Waals surface area (Å²) in [6.45, 7) is 4.53. The summed E-state index contributed by atoms with van der Waals surface area (Å²) in [6.07, 6.45) is 8.41. The van der Waals surface area contributed by atoms with E-state index in [0.717, 1.165) is 12.2 Å². The Bertz CT molecular complexity index is 1430. The predicted octanol–water partition coefficient (Wildman–Crippen LogP) is 5.42. The van der Waals surface area contributed by atoms with Crippen molar-refractivity contribution in [2.75, 3.05) is 13.2 Å². The van der Waals surface area contributed by atoms with Gasteiger partial charge in [0.1, 0.15) is 12.2 Å². The van der Waals surface area contributed by atoms with Crippen LogP contribution in [-0.4, -0.2) is 41.3 Å². The molecule has 3 rings (SSSR count). The van der Waals surface area contributed by atoms with Gasteiger partial charge in [-0.2, -0.15) is 8.78 Å². The Kier molecular flexibility index (Phi) is 9.60. The van der Waals surface area contributed by atoms with Crippen molar-refractivity contribution in [3.63, 3.8) is 0 Å². The number of carboxylic acid groups (broad SMARTS) is 2. The maximum absolute atomic E-state index is 14.9. The molecule has 1 aromatic rings. The van der Waals surface area contributed by atoms with Crippen LogP contribution in [-0.2, 0) is 19.1 Å². The molecule has 0 aromatic heterocycles. The van der Waals surface area contributed by atoms with Crippen LogP contribution in [0.25, 0.3) is 0 Å². The van der Waals surface area contributed by atoms with Crippen LogP contribution in [0.5, 0.6) is 5.75 Å². The highest BCUT2D eigenvalue weighted by Crippen LogP contribution is 2.48. The summed E-state index contributed by atoms with van der Waals surface area (Å²) in [5.74, 6) is -7.33. The van der Waals surface area contributed by atoms with E-state index in [1.54, 1.807) is 19.1 Å². The molecule has 0 amide bonds. The number of rotatable bonds is 10. The largest absolute Gasteiger partial charge is 0.483 e. The molecule has 2 atom stereocenters. The van der Waals surface area contributed by atoms with Gasteiger partial charge in [0.2, 0.25) is 11.6 Å². The normalized spacial score (nSPS) is 21.2. The lowest BCUT2D eigenvalue weighted by Crippen LogP contribution is -2.37. The first-order valence-electron chi connectivity index (χ1n) is 12.5. The minimum atomic E-state index is -1.83. The van der Waals surface area contributed by atoms with E-state index in [0.29, 0.717) is 0 Å². The molecule has 41 heavy (non-hydrogen) atoms. The van der Waals surface area contributed by atoms with Gasteiger partial charge in [-0.25, -0.2) is 13.6 Å². The Labute approximate surface area is 233 Å². The summed E-state index contributed by atoms with van der Waals surface area (Å²) < 4.78 is 68.5. The highest BCUT2D eigenvalue weighted by molar-refractivity contribution is 5.93. The van der Waals surface area contributed by atoms with E-state index in [-0.39, 0.29) is 37.0 Å². The Morgan fingerprint density at radius 1 is 1.07 bits per heavy atom. The fourth-order valence-corrected chi connectivity index (χ4v) is 4.57. The van der Waals surface area contributed by atoms with Crippen molar-refractivity contribution in [1.82, 2.24) is 0 Å². The van der Waals surface area contributed by atoms with E-state index in [1.165, 1.54) is 18.2 Å². The molecule has 0 saturated carbocycles. The lowest BCUT2D eigenvalue weighted by molar-refractivity contribution is -0.149. The van der Waals surface area contributed by atoms with Crippen LogP contribution in [0.15, 0.2) is 60.3 Å². The monoisotopic (exact) mass is 574 g/mol. The zero-order valence-electron chi connectivity index (χ0n) is 21.9. The maximum Gasteiger partial charge on any atom is 0.335 e. The molecule has 2 aliphatic carbocycles. The van der Waals surface area contributed by atoms with Crippen molar-refractivity contribution in [2.45, 2.75) is 32.6 Å². The van der Waals surface area contributed by atoms with Crippen LogP contribution in [0.1, 0.15) is 38.2 Å². The molecule has 0 heterocycles. The van der Waals surface area contributed by atoms with E-state index in [2.05, 4.69) is 18.4 Å². The summed E-state index contributed by atoms with van der Waals surface area (Å²) in [5.41, 5.74) is -4.99. The van der Waals surface area contributed by atoms with Crippen LogP contribution in [0, 0.1) is 45.9 Å². The number of halogens is 4. The summed E-state index contributed by atoms with van der Waals surface area (Å²) >= 11 is 0. The molecule has 0 radical (unpaired) electrons. The van der Waals surface area contributed by atoms with Gasteiger partial charge in [0, 0.05) is 6.42 Å². The molecule has 0 saturated heterocycles. The molecule has 0 spiro atoms. The molecular weight excluding hydrogens is 548 g/mol. The summed E-state index contributed by atoms with van der Waals surface area (Å²) in [6, 6.07) is 0. The van der Waals surface area contributed by atoms with Crippen LogP contribution >= 0.6 is 0 Å². The minimum absolute atomic E-state index is 0.0282. The van der Waals surface area contributed by atoms with Gasteiger partial charge in [-0.05, 0) is 31.8 Å². The fraction of sp³-hybridized carbons (Fsp3) is 0.300. The molecule has 7 nitrogen and oxygen atoms in total. The zero-order valence-corrected chi connectivity index (χ0v) is 21.9. The van der Waals surface area contributed by atoms with Crippen LogP contribution in [0.3, 0.4) is 0 Å².